The molecule has 0 saturated carbocycles. The van der Waals surface area contributed by atoms with Crippen molar-refractivity contribution in [2.75, 3.05) is 6.54 Å². The summed E-state index contributed by atoms with van der Waals surface area (Å²) in [5, 5.41) is 13.2. The van der Waals surface area contributed by atoms with Crippen LogP contribution in [0.4, 0.5) is 0 Å². The molecule has 0 aliphatic heterocycles. The van der Waals surface area contributed by atoms with Gasteiger partial charge in [-0.3, -0.25) is 10.0 Å². The molecule has 20 heavy (non-hydrogen) atoms. The Balaban J connectivity index is 2.22. The lowest BCUT2D eigenvalue weighted by molar-refractivity contribution is 0.0711. The fourth-order valence-corrected chi connectivity index (χ4v) is 3.02. The van der Waals surface area contributed by atoms with E-state index in [4.69, 9.17) is 5.21 Å². The van der Waals surface area contributed by atoms with Gasteiger partial charge >= 0.3 is 0 Å². The van der Waals surface area contributed by atoms with Gasteiger partial charge < -0.3 is 5.32 Å². The lowest BCUT2D eigenvalue weighted by atomic mass is 10.1. The topological polar surface area (TPSA) is 61.4 Å². The zero-order valence-corrected chi connectivity index (χ0v) is 12.8. The van der Waals surface area contributed by atoms with Crippen molar-refractivity contribution < 1.29 is 10.0 Å². The Morgan fingerprint density at radius 1 is 1.30 bits per heavy atom. The Morgan fingerprint density at radius 3 is 2.70 bits per heavy atom. The lowest BCUT2D eigenvalue weighted by Crippen LogP contribution is -2.23. The number of carbonyl (C=O) groups excluding carboxylic acids is 1. The molecule has 0 fully saturated rings. The van der Waals surface area contributed by atoms with Crippen molar-refractivity contribution >= 4 is 27.3 Å². The summed E-state index contributed by atoms with van der Waals surface area (Å²) in [6, 6.07) is 8.27. The number of hydroxylamine groups is 1. The molecule has 1 unspecified atom stereocenters. The molecule has 2 aromatic rings. The molecule has 2 rings (SSSR count). The minimum atomic E-state index is -0.460. The van der Waals surface area contributed by atoms with Crippen LogP contribution in [0.25, 0.3) is 10.1 Å². The van der Waals surface area contributed by atoms with Crippen molar-refractivity contribution in [2.45, 2.75) is 26.8 Å². The summed E-state index contributed by atoms with van der Waals surface area (Å²) < 4.78 is 1.05. The number of nitrogens with one attached hydrogen (secondary N) is 2. The molecule has 1 heterocycles. The minimum absolute atomic E-state index is 0.277. The van der Waals surface area contributed by atoms with E-state index in [2.05, 4.69) is 38.2 Å². The molecule has 3 N–H and O–H groups in total. The third-order valence-corrected chi connectivity index (χ3v) is 4.30. The average molecular weight is 292 g/mol. The number of fused-ring (bicyclic) bond motifs is 1. The number of thiophene rings is 1. The van der Waals surface area contributed by atoms with Crippen molar-refractivity contribution in [3.8, 4) is 0 Å². The highest BCUT2D eigenvalue weighted by Gasteiger charge is 2.11. The van der Waals surface area contributed by atoms with Crippen molar-refractivity contribution in [1.82, 2.24) is 10.8 Å². The second-order valence-corrected chi connectivity index (χ2v) is 6.46. The molecule has 1 aromatic heterocycles. The van der Waals surface area contributed by atoms with Gasteiger partial charge in [0.05, 0.1) is 4.88 Å². The first-order chi connectivity index (χ1) is 9.51. The maximum absolute atomic E-state index is 11.4. The fourth-order valence-electron chi connectivity index (χ4n) is 2.01. The van der Waals surface area contributed by atoms with E-state index in [0.717, 1.165) is 16.6 Å². The van der Waals surface area contributed by atoms with Gasteiger partial charge in [-0.25, -0.2) is 5.48 Å². The summed E-state index contributed by atoms with van der Waals surface area (Å²) in [6.45, 7) is 7.48. The SMILES string of the molecule is CC(C)CNC(C)c1ccc2cc(C(=O)NO)sc2c1. The number of carbonyl (C=O) groups is 1. The van der Waals surface area contributed by atoms with Crippen molar-refractivity contribution in [3.05, 3.63) is 34.7 Å². The third kappa shape index (κ3) is 3.36. The van der Waals surface area contributed by atoms with E-state index < -0.39 is 5.91 Å². The molecule has 0 spiro atoms. The summed E-state index contributed by atoms with van der Waals surface area (Å²) >= 11 is 1.39. The molecule has 1 atom stereocenters. The maximum atomic E-state index is 11.4. The summed E-state index contributed by atoms with van der Waals surface area (Å²) in [7, 11) is 0. The second-order valence-electron chi connectivity index (χ2n) is 5.37. The van der Waals surface area contributed by atoms with Crippen molar-refractivity contribution in [1.29, 1.82) is 0 Å². The monoisotopic (exact) mass is 292 g/mol. The van der Waals surface area contributed by atoms with Gasteiger partial charge in [0.25, 0.3) is 5.91 Å². The Labute approximate surface area is 122 Å². The van der Waals surface area contributed by atoms with Crippen LogP contribution in [0.15, 0.2) is 24.3 Å². The smallest absolute Gasteiger partial charge is 0.284 e. The first-order valence-electron chi connectivity index (χ1n) is 6.72. The molecule has 0 aliphatic carbocycles. The van der Waals surface area contributed by atoms with E-state index in [9.17, 15) is 4.79 Å². The van der Waals surface area contributed by atoms with E-state index in [1.54, 1.807) is 11.5 Å². The van der Waals surface area contributed by atoms with E-state index in [1.807, 2.05) is 6.07 Å². The predicted molar refractivity (Wildman–Crippen MR) is 82.3 cm³/mol. The number of rotatable bonds is 5. The molecule has 0 saturated heterocycles. The molecular formula is C15H20N2O2S. The van der Waals surface area contributed by atoms with Crippen LogP contribution >= 0.6 is 11.3 Å². The highest BCUT2D eigenvalue weighted by molar-refractivity contribution is 7.20. The molecule has 1 amide bonds. The summed E-state index contributed by atoms with van der Waals surface area (Å²) in [6.07, 6.45) is 0. The van der Waals surface area contributed by atoms with Gasteiger partial charge in [0.15, 0.2) is 0 Å². The molecule has 108 valence electrons. The van der Waals surface area contributed by atoms with Gasteiger partial charge in [0.1, 0.15) is 0 Å². The van der Waals surface area contributed by atoms with Crippen LogP contribution < -0.4 is 10.8 Å². The molecule has 4 nitrogen and oxygen atoms in total. The molecule has 0 radical (unpaired) electrons. The molecule has 1 aromatic carbocycles. The van der Waals surface area contributed by atoms with Crippen molar-refractivity contribution in [2.24, 2.45) is 5.92 Å². The van der Waals surface area contributed by atoms with Gasteiger partial charge in [-0.05, 0) is 42.5 Å². The zero-order valence-electron chi connectivity index (χ0n) is 11.9. The molecule has 0 aliphatic rings. The molecule has 0 bridgehead atoms. The van der Waals surface area contributed by atoms with Crippen molar-refractivity contribution in [3.63, 3.8) is 0 Å². The van der Waals surface area contributed by atoms with Gasteiger partial charge in [-0.15, -0.1) is 11.3 Å². The van der Waals surface area contributed by atoms with Crippen LogP contribution in [-0.2, 0) is 0 Å². The first-order valence-corrected chi connectivity index (χ1v) is 7.54. The van der Waals surface area contributed by atoms with Crippen LogP contribution in [0.1, 0.15) is 42.0 Å². The van der Waals surface area contributed by atoms with E-state index >= 15 is 0 Å². The van der Waals surface area contributed by atoms with Crippen LogP contribution in [0.2, 0.25) is 0 Å². The second kappa shape index (κ2) is 6.35. The Bertz CT molecular complexity index is 607. The minimum Gasteiger partial charge on any atom is -0.310 e. The van der Waals surface area contributed by atoms with Gasteiger partial charge in [-0.2, -0.15) is 0 Å². The first kappa shape index (κ1) is 15.0. The lowest BCUT2D eigenvalue weighted by Gasteiger charge is -2.16. The van der Waals surface area contributed by atoms with E-state index in [0.29, 0.717) is 10.8 Å². The standard InChI is InChI=1S/C15H20N2O2S/c1-9(2)8-16-10(3)11-4-5-12-7-14(15(18)17-19)20-13(12)6-11/h4-7,9-10,16,19H,8H2,1-3H3,(H,17,18). The summed E-state index contributed by atoms with van der Waals surface area (Å²) in [4.78, 5) is 11.9. The zero-order chi connectivity index (χ0) is 14.7. The maximum Gasteiger partial charge on any atom is 0.284 e. The number of hydrogen-bond acceptors (Lipinski definition) is 4. The Hall–Kier alpha value is -1.43. The Morgan fingerprint density at radius 2 is 2.05 bits per heavy atom. The van der Waals surface area contributed by atoms with Crippen LogP contribution in [0.3, 0.4) is 0 Å². The largest absolute Gasteiger partial charge is 0.310 e. The summed E-state index contributed by atoms with van der Waals surface area (Å²) in [5.41, 5.74) is 2.88. The van der Waals surface area contributed by atoms with Crippen LogP contribution in [0.5, 0.6) is 0 Å². The fraction of sp³-hybridized carbons (Fsp3) is 0.400. The normalized spacial score (nSPS) is 12.8. The number of hydrogen-bond donors (Lipinski definition) is 3. The molecular weight excluding hydrogens is 272 g/mol. The van der Waals surface area contributed by atoms with Crippen LogP contribution in [0, 0.1) is 5.92 Å². The van der Waals surface area contributed by atoms with E-state index in [-0.39, 0.29) is 6.04 Å². The third-order valence-electron chi connectivity index (χ3n) is 3.20. The average Bonchev–Trinajstić information content (AvgIpc) is 2.86. The summed E-state index contributed by atoms with van der Waals surface area (Å²) in [5.74, 6) is 0.154. The van der Waals surface area contributed by atoms with Gasteiger partial charge in [0.2, 0.25) is 0 Å². The highest BCUT2D eigenvalue weighted by atomic mass is 32.1. The molecule has 5 heteroatoms. The Kier molecular flexibility index (Phi) is 4.75. The highest BCUT2D eigenvalue weighted by Crippen LogP contribution is 2.28. The van der Waals surface area contributed by atoms with Crippen LogP contribution in [-0.4, -0.2) is 17.7 Å². The quantitative estimate of drug-likeness (QED) is 0.585. The number of amides is 1. The van der Waals surface area contributed by atoms with Gasteiger partial charge in [-0.1, -0.05) is 26.0 Å². The van der Waals surface area contributed by atoms with E-state index in [1.165, 1.54) is 16.9 Å². The van der Waals surface area contributed by atoms with Gasteiger partial charge in [0, 0.05) is 10.7 Å². The predicted octanol–water partition coefficient (Wildman–Crippen LogP) is 3.33. The number of benzene rings is 1.